The molecule has 0 radical (unpaired) electrons. The maximum Gasteiger partial charge on any atom is 0.244 e. The number of fused-ring (bicyclic) bond motifs is 1. The molecule has 0 aliphatic carbocycles. The highest BCUT2D eigenvalue weighted by Crippen LogP contribution is 2.42. The van der Waals surface area contributed by atoms with E-state index >= 15 is 0 Å². The van der Waals surface area contributed by atoms with Gasteiger partial charge in [0.2, 0.25) is 5.91 Å². The number of nitrogens with zero attached hydrogens (tertiary/aromatic N) is 2. The zero-order valence-corrected chi connectivity index (χ0v) is 13.6. The molecule has 0 bridgehead atoms. The Morgan fingerprint density at radius 1 is 1.38 bits per heavy atom. The predicted molar refractivity (Wildman–Crippen MR) is 85.9 cm³/mol. The van der Waals surface area contributed by atoms with E-state index in [0.717, 1.165) is 0 Å². The van der Waals surface area contributed by atoms with Crippen molar-refractivity contribution >= 4 is 50.0 Å². The van der Waals surface area contributed by atoms with Crippen LogP contribution in [0.25, 0.3) is 0 Å². The van der Waals surface area contributed by atoms with E-state index in [1.165, 1.54) is 18.7 Å². The first kappa shape index (κ1) is 14.9. The summed E-state index contributed by atoms with van der Waals surface area (Å²) < 4.78 is 23.7. The number of thioether (sulfide) groups is 1. The Morgan fingerprint density at radius 2 is 2.10 bits per heavy atom. The minimum atomic E-state index is -3.06. The second-order valence-corrected chi connectivity index (χ2v) is 8.80. The van der Waals surface area contributed by atoms with Gasteiger partial charge in [-0.05, 0) is 12.1 Å². The average Bonchev–Trinajstić information content (AvgIpc) is 2.81. The number of rotatable bonds is 1. The highest BCUT2D eigenvalue weighted by molar-refractivity contribution is 8.16. The summed E-state index contributed by atoms with van der Waals surface area (Å²) in [5.74, 6) is -0.134. The van der Waals surface area contributed by atoms with Crippen molar-refractivity contribution in [3.63, 3.8) is 0 Å². The molecule has 0 saturated carbocycles. The summed E-state index contributed by atoms with van der Waals surface area (Å²) >= 11 is 7.57. The van der Waals surface area contributed by atoms with Crippen LogP contribution in [0.15, 0.2) is 29.3 Å². The van der Waals surface area contributed by atoms with Crippen LogP contribution in [-0.4, -0.2) is 42.3 Å². The molecule has 1 aromatic rings. The maximum atomic E-state index is 11.9. The number of amidine groups is 1. The average molecular weight is 345 g/mol. The quantitative estimate of drug-likeness (QED) is 0.779. The Hall–Kier alpha value is -1.05. The lowest BCUT2D eigenvalue weighted by Crippen LogP contribution is -2.37. The van der Waals surface area contributed by atoms with E-state index in [9.17, 15) is 13.2 Å². The molecule has 8 heteroatoms. The first-order chi connectivity index (χ1) is 9.87. The monoisotopic (exact) mass is 344 g/mol. The van der Waals surface area contributed by atoms with E-state index in [4.69, 9.17) is 11.6 Å². The van der Waals surface area contributed by atoms with Crippen LogP contribution in [0.4, 0.5) is 5.69 Å². The first-order valence-corrected chi connectivity index (χ1v) is 9.45. The molecule has 1 amide bonds. The molecule has 2 atom stereocenters. The van der Waals surface area contributed by atoms with Gasteiger partial charge in [0.15, 0.2) is 15.0 Å². The zero-order valence-electron chi connectivity index (χ0n) is 11.2. The molecule has 2 aliphatic heterocycles. The molecule has 2 aliphatic rings. The van der Waals surface area contributed by atoms with Crippen LogP contribution in [0.5, 0.6) is 0 Å². The van der Waals surface area contributed by atoms with E-state index in [1.807, 2.05) is 12.1 Å². The number of halogens is 1. The third-order valence-corrected chi connectivity index (χ3v) is 6.96. The van der Waals surface area contributed by atoms with Crippen molar-refractivity contribution in [1.82, 2.24) is 0 Å². The van der Waals surface area contributed by atoms with Gasteiger partial charge in [0.25, 0.3) is 0 Å². The molecule has 2 heterocycles. The summed E-state index contributed by atoms with van der Waals surface area (Å²) in [5, 5.41) is 0.934. The SMILES string of the molecule is CC(=O)N=C1SC2CS(=O)(=O)CC2N1c1ccccc1Cl. The molecule has 112 valence electrons. The van der Waals surface area contributed by atoms with Crippen molar-refractivity contribution in [2.45, 2.75) is 18.2 Å². The van der Waals surface area contributed by atoms with Crippen LogP contribution >= 0.6 is 23.4 Å². The molecule has 2 unspecified atom stereocenters. The fourth-order valence-corrected chi connectivity index (χ4v) is 6.81. The fraction of sp³-hybridized carbons (Fsp3) is 0.385. The summed E-state index contributed by atoms with van der Waals surface area (Å²) in [6.07, 6.45) is 0. The largest absolute Gasteiger partial charge is 0.314 e. The number of sulfone groups is 1. The number of carbonyl (C=O) groups is 1. The zero-order chi connectivity index (χ0) is 15.2. The molecule has 21 heavy (non-hydrogen) atoms. The Bertz CT molecular complexity index is 733. The van der Waals surface area contributed by atoms with Gasteiger partial charge in [0.05, 0.1) is 28.3 Å². The van der Waals surface area contributed by atoms with Gasteiger partial charge in [0, 0.05) is 12.2 Å². The summed E-state index contributed by atoms with van der Waals surface area (Å²) in [5.41, 5.74) is 0.691. The normalized spacial score (nSPS) is 28.9. The molecule has 0 spiro atoms. The summed E-state index contributed by atoms with van der Waals surface area (Å²) in [6, 6.07) is 6.96. The van der Waals surface area contributed by atoms with Crippen LogP contribution in [0.2, 0.25) is 5.02 Å². The number of benzene rings is 1. The second kappa shape index (κ2) is 5.30. The highest BCUT2D eigenvalue weighted by atomic mass is 35.5. The molecule has 1 aromatic carbocycles. The first-order valence-electron chi connectivity index (χ1n) is 6.37. The third kappa shape index (κ3) is 2.82. The molecular weight excluding hydrogens is 332 g/mol. The molecule has 0 N–H and O–H groups in total. The highest BCUT2D eigenvalue weighted by Gasteiger charge is 2.49. The fourth-order valence-electron chi connectivity index (χ4n) is 2.63. The molecule has 0 aromatic heterocycles. The summed E-state index contributed by atoms with van der Waals surface area (Å²) in [7, 11) is -3.06. The van der Waals surface area contributed by atoms with Gasteiger partial charge in [-0.25, -0.2) is 8.42 Å². The van der Waals surface area contributed by atoms with Crippen molar-refractivity contribution in [2.75, 3.05) is 16.4 Å². The number of para-hydroxylation sites is 1. The van der Waals surface area contributed by atoms with Crippen molar-refractivity contribution in [3.05, 3.63) is 29.3 Å². The molecule has 3 rings (SSSR count). The lowest BCUT2D eigenvalue weighted by molar-refractivity contribution is -0.115. The van der Waals surface area contributed by atoms with E-state index < -0.39 is 9.84 Å². The standard InChI is InChI=1S/C13H13ClN2O3S2/c1-8(17)15-13-16(10-5-3-2-4-9(10)14)11-6-21(18,19)7-12(11)20-13/h2-5,11-12H,6-7H2,1H3. The molecule has 2 fully saturated rings. The molecule has 2 saturated heterocycles. The van der Waals surface area contributed by atoms with Crippen LogP contribution in [0, 0.1) is 0 Å². The number of carbonyl (C=O) groups excluding carboxylic acids is 1. The van der Waals surface area contributed by atoms with Gasteiger partial charge in [-0.3, -0.25) is 4.79 Å². The Labute approximate surface area is 132 Å². The van der Waals surface area contributed by atoms with Crippen molar-refractivity contribution < 1.29 is 13.2 Å². The topological polar surface area (TPSA) is 66.8 Å². The predicted octanol–water partition coefficient (Wildman–Crippen LogP) is 1.96. The van der Waals surface area contributed by atoms with Gasteiger partial charge in [0.1, 0.15) is 0 Å². The number of aliphatic imine (C=N–C) groups is 1. The Balaban J connectivity index is 2.07. The van der Waals surface area contributed by atoms with Crippen LogP contribution in [-0.2, 0) is 14.6 Å². The summed E-state index contributed by atoms with van der Waals surface area (Å²) in [4.78, 5) is 17.1. The Kier molecular flexibility index (Phi) is 3.75. The lowest BCUT2D eigenvalue weighted by Gasteiger charge is -2.25. The molecular formula is C13H13ClN2O3S2. The Morgan fingerprint density at radius 3 is 2.76 bits per heavy atom. The maximum absolute atomic E-state index is 11.9. The van der Waals surface area contributed by atoms with Crippen molar-refractivity contribution in [2.24, 2.45) is 4.99 Å². The van der Waals surface area contributed by atoms with Crippen LogP contribution < -0.4 is 4.90 Å². The minimum Gasteiger partial charge on any atom is -0.314 e. The van der Waals surface area contributed by atoms with Crippen molar-refractivity contribution in [3.8, 4) is 0 Å². The number of amides is 1. The molecule has 5 nitrogen and oxygen atoms in total. The van der Waals surface area contributed by atoms with E-state index in [-0.39, 0.29) is 28.7 Å². The lowest BCUT2D eigenvalue weighted by atomic mass is 10.2. The van der Waals surface area contributed by atoms with E-state index in [0.29, 0.717) is 15.9 Å². The van der Waals surface area contributed by atoms with Crippen molar-refractivity contribution in [1.29, 1.82) is 0 Å². The van der Waals surface area contributed by atoms with Gasteiger partial charge in [-0.2, -0.15) is 4.99 Å². The number of hydrogen-bond acceptors (Lipinski definition) is 4. The van der Waals surface area contributed by atoms with E-state index in [2.05, 4.69) is 4.99 Å². The van der Waals surface area contributed by atoms with Gasteiger partial charge in [-0.15, -0.1) is 0 Å². The number of hydrogen-bond donors (Lipinski definition) is 0. The number of anilines is 1. The van der Waals surface area contributed by atoms with Crippen LogP contribution in [0.1, 0.15) is 6.92 Å². The van der Waals surface area contributed by atoms with Gasteiger partial charge < -0.3 is 4.90 Å². The minimum absolute atomic E-state index is 0.0623. The van der Waals surface area contributed by atoms with E-state index in [1.54, 1.807) is 17.0 Å². The smallest absolute Gasteiger partial charge is 0.244 e. The van der Waals surface area contributed by atoms with Gasteiger partial charge in [-0.1, -0.05) is 35.5 Å². The third-order valence-electron chi connectivity index (χ3n) is 3.43. The second-order valence-electron chi connectivity index (χ2n) is 5.04. The van der Waals surface area contributed by atoms with Crippen LogP contribution in [0.3, 0.4) is 0 Å². The summed E-state index contributed by atoms with van der Waals surface area (Å²) in [6.45, 7) is 1.38. The van der Waals surface area contributed by atoms with Gasteiger partial charge >= 0.3 is 0 Å².